The highest BCUT2D eigenvalue weighted by molar-refractivity contribution is 5.85. The SMILES string of the molecule is C=C(C)C(=N)[O-].C=CC[N+](C)(C)CC=C. The molecule has 0 amide bonds. The number of nitrogens with one attached hydrogen (secondary N) is 1. The molecule has 0 saturated heterocycles. The van der Waals surface area contributed by atoms with Crippen molar-refractivity contribution in [2.24, 2.45) is 0 Å². The summed E-state index contributed by atoms with van der Waals surface area (Å²) < 4.78 is 0.951. The monoisotopic (exact) mass is 210 g/mol. The van der Waals surface area contributed by atoms with Crippen LogP contribution in [0.15, 0.2) is 37.5 Å². The van der Waals surface area contributed by atoms with Gasteiger partial charge in [-0.3, -0.25) is 0 Å². The Labute approximate surface area is 93.1 Å². The lowest BCUT2D eigenvalue weighted by Crippen LogP contribution is -2.39. The van der Waals surface area contributed by atoms with Crippen molar-refractivity contribution in [3.63, 3.8) is 0 Å². The van der Waals surface area contributed by atoms with Crippen LogP contribution in [-0.4, -0.2) is 37.6 Å². The van der Waals surface area contributed by atoms with Crippen LogP contribution in [0.25, 0.3) is 0 Å². The zero-order valence-electron chi connectivity index (χ0n) is 10.0. The summed E-state index contributed by atoms with van der Waals surface area (Å²) >= 11 is 0. The van der Waals surface area contributed by atoms with Crippen molar-refractivity contribution in [3.05, 3.63) is 37.5 Å². The smallest absolute Gasteiger partial charge is 0.0969 e. The van der Waals surface area contributed by atoms with Gasteiger partial charge in [0.15, 0.2) is 0 Å². The van der Waals surface area contributed by atoms with E-state index in [0.29, 0.717) is 0 Å². The van der Waals surface area contributed by atoms with Gasteiger partial charge in [0.05, 0.1) is 27.2 Å². The first-order chi connectivity index (χ1) is 6.76. The van der Waals surface area contributed by atoms with Crippen LogP contribution in [-0.2, 0) is 0 Å². The Morgan fingerprint density at radius 3 is 1.67 bits per heavy atom. The van der Waals surface area contributed by atoms with Crippen LogP contribution in [0.1, 0.15) is 6.92 Å². The highest BCUT2D eigenvalue weighted by atomic mass is 16.3. The Hall–Kier alpha value is -1.35. The lowest BCUT2D eigenvalue weighted by Gasteiger charge is -2.26. The summed E-state index contributed by atoms with van der Waals surface area (Å²) in [6.07, 6.45) is 3.87. The average Bonchev–Trinajstić information content (AvgIpc) is 2.04. The molecule has 0 spiro atoms. The molecule has 0 aliphatic heterocycles. The molecule has 0 unspecified atom stereocenters. The predicted molar refractivity (Wildman–Crippen MR) is 64.8 cm³/mol. The molecule has 0 aliphatic rings. The van der Waals surface area contributed by atoms with Crippen LogP contribution in [0.2, 0.25) is 0 Å². The van der Waals surface area contributed by atoms with Gasteiger partial charge in [0.1, 0.15) is 0 Å². The van der Waals surface area contributed by atoms with E-state index in [1.54, 1.807) is 0 Å². The Bertz CT molecular complexity index is 218. The van der Waals surface area contributed by atoms with Gasteiger partial charge in [-0.15, -0.1) is 0 Å². The van der Waals surface area contributed by atoms with Crippen molar-refractivity contribution in [2.75, 3.05) is 27.2 Å². The van der Waals surface area contributed by atoms with Crippen LogP contribution >= 0.6 is 0 Å². The number of rotatable bonds is 5. The largest absolute Gasteiger partial charge is 0.859 e. The van der Waals surface area contributed by atoms with E-state index in [9.17, 15) is 5.11 Å². The fourth-order valence-electron chi connectivity index (χ4n) is 0.774. The zero-order valence-corrected chi connectivity index (χ0v) is 10.0. The maximum absolute atomic E-state index is 9.71. The molecule has 3 heteroatoms. The molecule has 0 saturated carbocycles. The van der Waals surface area contributed by atoms with E-state index in [4.69, 9.17) is 5.41 Å². The summed E-state index contributed by atoms with van der Waals surface area (Å²) in [5.41, 5.74) is 0.287. The zero-order chi connectivity index (χ0) is 12.5. The predicted octanol–water partition coefficient (Wildman–Crippen LogP) is 1.33. The van der Waals surface area contributed by atoms with Gasteiger partial charge in [0.2, 0.25) is 0 Å². The number of hydrogen-bond donors (Lipinski definition) is 1. The van der Waals surface area contributed by atoms with Gasteiger partial charge >= 0.3 is 0 Å². The number of quaternary nitrogens is 1. The molecule has 0 bridgehead atoms. The average molecular weight is 210 g/mol. The van der Waals surface area contributed by atoms with Crippen LogP contribution < -0.4 is 5.11 Å². The molecular weight excluding hydrogens is 188 g/mol. The minimum absolute atomic E-state index is 0.287. The Morgan fingerprint density at radius 2 is 1.53 bits per heavy atom. The van der Waals surface area contributed by atoms with Crippen molar-refractivity contribution < 1.29 is 9.59 Å². The van der Waals surface area contributed by atoms with Crippen molar-refractivity contribution >= 4 is 5.90 Å². The fourth-order valence-corrected chi connectivity index (χ4v) is 0.774. The van der Waals surface area contributed by atoms with Crippen molar-refractivity contribution in [1.82, 2.24) is 0 Å². The third-order valence-corrected chi connectivity index (χ3v) is 1.63. The summed E-state index contributed by atoms with van der Waals surface area (Å²) in [6.45, 7) is 14.1. The van der Waals surface area contributed by atoms with E-state index in [1.807, 2.05) is 12.2 Å². The molecule has 15 heavy (non-hydrogen) atoms. The summed E-state index contributed by atoms with van der Waals surface area (Å²) in [4.78, 5) is 0. The molecule has 0 aromatic heterocycles. The lowest BCUT2D eigenvalue weighted by atomic mass is 10.4. The van der Waals surface area contributed by atoms with Crippen molar-refractivity contribution in [3.8, 4) is 0 Å². The minimum Gasteiger partial charge on any atom is -0.859 e. The van der Waals surface area contributed by atoms with E-state index >= 15 is 0 Å². The molecule has 0 atom stereocenters. The molecule has 86 valence electrons. The topological polar surface area (TPSA) is 46.9 Å². The van der Waals surface area contributed by atoms with E-state index in [-0.39, 0.29) is 5.57 Å². The molecular formula is C12H22N2O. The summed E-state index contributed by atoms with van der Waals surface area (Å²) in [7, 11) is 4.31. The standard InChI is InChI=1S/C8H16N.C4H7NO/c1-5-7-9(3,4)8-6-2;1-3(2)4(5)6/h5-6H,1-2,7-8H2,3-4H3;1H2,2H3,(H2,5,6)/q+1;/p-1. The van der Waals surface area contributed by atoms with Gasteiger partial charge in [-0.25, -0.2) is 0 Å². The molecule has 0 radical (unpaired) electrons. The molecule has 1 N–H and O–H groups in total. The minimum atomic E-state index is -0.685. The van der Waals surface area contributed by atoms with Gasteiger partial charge in [-0.2, -0.15) is 0 Å². The molecule has 0 rings (SSSR count). The van der Waals surface area contributed by atoms with Crippen LogP contribution in [0, 0.1) is 5.41 Å². The second kappa shape index (κ2) is 8.00. The first-order valence-corrected chi connectivity index (χ1v) is 4.72. The van der Waals surface area contributed by atoms with Crippen molar-refractivity contribution in [2.45, 2.75) is 6.92 Å². The highest BCUT2D eigenvalue weighted by Crippen LogP contribution is 1.95. The first-order valence-electron chi connectivity index (χ1n) is 4.72. The van der Waals surface area contributed by atoms with E-state index in [0.717, 1.165) is 17.6 Å². The number of nitrogens with zero attached hydrogens (tertiary/aromatic N) is 1. The molecule has 0 aromatic carbocycles. The molecule has 0 aromatic rings. The van der Waals surface area contributed by atoms with Crippen molar-refractivity contribution in [1.29, 1.82) is 5.41 Å². The quantitative estimate of drug-likeness (QED) is 0.316. The molecule has 3 nitrogen and oxygen atoms in total. The Balaban J connectivity index is 0. The molecule has 0 heterocycles. The second-order valence-corrected chi connectivity index (χ2v) is 3.99. The van der Waals surface area contributed by atoms with E-state index in [1.165, 1.54) is 6.92 Å². The number of hydrogen-bond acceptors (Lipinski definition) is 2. The highest BCUT2D eigenvalue weighted by Gasteiger charge is 2.07. The van der Waals surface area contributed by atoms with E-state index < -0.39 is 5.90 Å². The van der Waals surface area contributed by atoms with Gasteiger partial charge < -0.3 is 15.0 Å². The van der Waals surface area contributed by atoms with Crippen LogP contribution in [0.4, 0.5) is 0 Å². The normalized spacial score (nSPS) is 9.53. The fraction of sp³-hybridized carbons (Fsp3) is 0.417. The van der Waals surface area contributed by atoms with Gasteiger partial charge in [0, 0.05) is 0 Å². The lowest BCUT2D eigenvalue weighted by molar-refractivity contribution is -0.878. The molecule has 0 fully saturated rings. The second-order valence-electron chi connectivity index (χ2n) is 3.99. The van der Waals surface area contributed by atoms with Gasteiger partial charge in [-0.1, -0.05) is 19.7 Å². The van der Waals surface area contributed by atoms with Crippen LogP contribution in [0.5, 0.6) is 0 Å². The van der Waals surface area contributed by atoms with Gasteiger partial charge in [-0.05, 0) is 30.5 Å². The Morgan fingerprint density at radius 1 is 1.27 bits per heavy atom. The summed E-state index contributed by atoms with van der Waals surface area (Å²) in [6, 6.07) is 0. The van der Waals surface area contributed by atoms with Gasteiger partial charge in [0.25, 0.3) is 0 Å². The van der Waals surface area contributed by atoms with Crippen LogP contribution in [0.3, 0.4) is 0 Å². The summed E-state index contributed by atoms with van der Waals surface area (Å²) in [5, 5.41) is 16.0. The first kappa shape index (κ1) is 16.1. The third kappa shape index (κ3) is 12.6. The maximum Gasteiger partial charge on any atom is 0.0969 e. The summed E-state index contributed by atoms with van der Waals surface area (Å²) in [5.74, 6) is -0.685. The Kier molecular flexibility index (Phi) is 8.58. The van der Waals surface area contributed by atoms with E-state index in [2.05, 4.69) is 33.8 Å². The third-order valence-electron chi connectivity index (χ3n) is 1.63. The number of likely N-dealkylation sites (N-methyl/N-ethyl adjacent to an activating group) is 1. The maximum atomic E-state index is 9.71. The molecule has 0 aliphatic carbocycles.